The minimum absolute atomic E-state index is 0.0700. The average Bonchev–Trinajstić information content (AvgIpc) is 4.00. The Morgan fingerprint density at radius 1 is 0.541 bits per heavy atom. The Labute approximate surface area is 355 Å². The molecular weight excluding hydrogens is 777 g/mol. The molecule has 1 aromatic heterocycles. The fourth-order valence-corrected chi connectivity index (χ4v) is 12.5. The third-order valence-electron chi connectivity index (χ3n) is 14.3. The van der Waals surface area contributed by atoms with Crippen molar-refractivity contribution >= 4 is 78.2 Å². The predicted octanol–water partition coefficient (Wildman–Crippen LogP) is 12.1. The lowest BCUT2D eigenvalue weighted by Crippen LogP contribution is -2.29. The number of hydrogen-bond donors (Lipinski definition) is 0. The Hall–Kier alpha value is -7.30. The van der Waals surface area contributed by atoms with E-state index in [-0.39, 0.29) is 66.7 Å². The van der Waals surface area contributed by atoms with Gasteiger partial charge in [0.2, 0.25) is 0 Å². The summed E-state index contributed by atoms with van der Waals surface area (Å²) in [5.41, 5.74) is 6.91. The molecule has 0 atom stereocenters. The molecule has 0 saturated heterocycles. The first kappa shape index (κ1) is 36.8. The second-order valence-electron chi connectivity index (χ2n) is 17.2. The van der Waals surface area contributed by atoms with Gasteiger partial charge >= 0.3 is 0 Å². The highest BCUT2D eigenvalue weighted by molar-refractivity contribution is 7.25. The van der Waals surface area contributed by atoms with Gasteiger partial charge in [-0.05, 0) is 108 Å². The molecule has 1 heterocycles. The van der Waals surface area contributed by atoms with Gasteiger partial charge in [0.1, 0.15) is 12.1 Å². The highest BCUT2D eigenvalue weighted by Gasteiger charge is 2.46. The molecule has 0 N–H and O–H groups in total. The number of benzene rings is 4. The van der Waals surface area contributed by atoms with Gasteiger partial charge < -0.3 is 0 Å². The van der Waals surface area contributed by atoms with Gasteiger partial charge in [-0.1, -0.05) is 62.8 Å². The van der Waals surface area contributed by atoms with E-state index in [4.69, 9.17) is 13.1 Å². The zero-order valence-corrected chi connectivity index (χ0v) is 33.6. The Morgan fingerprint density at radius 2 is 0.918 bits per heavy atom. The fraction of sp³-hybridized carbons (Fsp3) is 0.231. The highest BCUT2D eigenvalue weighted by Crippen LogP contribution is 2.57. The van der Waals surface area contributed by atoms with Crippen LogP contribution in [0.5, 0.6) is 0 Å². The zero-order valence-electron chi connectivity index (χ0n) is 32.8. The van der Waals surface area contributed by atoms with E-state index >= 15 is 0 Å². The zero-order chi connectivity index (χ0) is 41.9. The van der Waals surface area contributed by atoms with E-state index in [9.17, 15) is 29.7 Å². The van der Waals surface area contributed by atoms with E-state index in [1.165, 1.54) is 35.4 Å². The molecule has 0 radical (unpaired) electrons. The molecule has 0 amide bonds. The fourth-order valence-electron chi connectivity index (χ4n) is 11.3. The van der Waals surface area contributed by atoms with Crippen molar-refractivity contribution in [2.75, 3.05) is 0 Å². The van der Waals surface area contributed by atoms with Crippen LogP contribution in [0.25, 0.3) is 42.0 Å². The van der Waals surface area contributed by atoms with Gasteiger partial charge in [0.05, 0.1) is 35.4 Å². The van der Waals surface area contributed by atoms with E-state index in [2.05, 4.69) is 46.1 Å². The molecule has 5 aromatic rings. The van der Waals surface area contributed by atoms with Crippen LogP contribution in [0.15, 0.2) is 83.0 Å². The van der Waals surface area contributed by atoms with E-state index < -0.39 is 23.1 Å². The van der Waals surface area contributed by atoms with Crippen LogP contribution in [0.1, 0.15) is 139 Å². The molecular formula is C52H32N4O4S. The summed E-state index contributed by atoms with van der Waals surface area (Å²) < 4.78 is 2.29. The van der Waals surface area contributed by atoms with Crippen LogP contribution in [-0.2, 0) is 10.8 Å². The molecule has 6 aliphatic carbocycles. The number of nitriles is 2. The van der Waals surface area contributed by atoms with Gasteiger partial charge in [-0.3, -0.25) is 28.9 Å². The minimum atomic E-state index is -0.417. The molecule has 0 bridgehead atoms. The lowest BCUT2D eigenvalue weighted by Gasteiger charge is -2.37. The lowest BCUT2D eigenvalue weighted by molar-refractivity contribution is 0.0973. The summed E-state index contributed by atoms with van der Waals surface area (Å²) in [5.74, 6) is -1.64. The maximum Gasteiger partial charge on any atom is 0.197 e. The molecule has 2 spiro atoms. The maximum atomic E-state index is 13.8. The number of rotatable bonds is 2. The first-order valence-electron chi connectivity index (χ1n) is 20.7. The van der Waals surface area contributed by atoms with Gasteiger partial charge in [0, 0.05) is 53.3 Å². The molecule has 6 aliphatic rings. The van der Waals surface area contributed by atoms with Crippen LogP contribution in [0.3, 0.4) is 0 Å². The van der Waals surface area contributed by atoms with E-state index in [1.807, 2.05) is 12.1 Å². The van der Waals surface area contributed by atoms with Gasteiger partial charge in [0.15, 0.2) is 34.5 Å². The Bertz CT molecular complexity index is 3000. The third-order valence-corrected chi connectivity index (χ3v) is 15.4. The van der Waals surface area contributed by atoms with Crippen LogP contribution in [0.4, 0.5) is 11.4 Å². The number of Topliss-reactive ketones (excluding diaryl/α,β-unsaturated/α-hetero) is 4. The lowest BCUT2D eigenvalue weighted by atomic mass is 9.66. The molecule has 11 rings (SSSR count). The summed E-state index contributed by atoms with van der Waals surface area (Å²) in [5, 5.41) is 21.5. The average molecular weight is 809 g/mol. The maximum absolute atomic E-state index is 13.8. The molecule has 2 saturated carbocycles. The highest BCUT2D eigenvalue weighted by atomic mass is 32.1. The molecule has 61 heavy (non-hydrogen) atoms. The third kappa shape index (κ3) is 4.99. The van der Waals surface area contributed by atoms with Gasteiger partial charge in [0.25, 0.3) is 0 Å². The van der Waals surface area contributed by atoms with Crippen molar-refractivity contribution in [2.45, 2.75) is 75.0 Å². The number of hydrogen-bond acceptors (Lipinski definition) is 7. The molecule has 0 aliphatic heterocycles. The predicted molar refractivity (Wildman–Crippen MR) is 233 cm³/mol. The van der Waals surface area contributed by atoms with Crippen LogP contribution in [-0.4, -0.2) is 23.1 Å². The number of nitrogens with zero attached hydrogens (tertiary/aromatic N) is 4. The smallest absolute Gasteiger partial charge is 0.197 e. The Kier molecular flexibility index (Phi) is 7.89. The van der Waals surface area contributed by atoms with Crippen molar-refractivity contribution in [3.8, 4) is 12.1 Å². The number of allylic oxidation sites excluding steroid dienone is 6. The van der Waals surface area contributed by atoms with Crippen molar-refractivity contribution in [1.29, 1.82) is 10.5 Å². The quantitative estimate of drug-likeness (QED) is 0.0993. The topological polar surface area (TPSA) is 125 Å². The first-order chi connectivity index (χ1) is 29.6. The molecule has 8 nitrogen and oxygen atoms in total. The summed E-state index contributed by atoms with van der Waals surface area (Å²) in [7, 11) is 0. The molecule has 0 unspecified atom stereocenters. The molecule has 290 valence electrons. The largest absolute Gasteiger partial charge is 0.288 e. The van der Waals surface area contributed by atoms with Crippen molar-refractivity contribution < 1.29 is 19.2 Å². The molecule has 9 heteroatoms. The van der Waals surface area contributed by atoms with Crippen molar-refractivity contribution in [3.63, 3.8) is 0 Å². The summed E-state index contributed by atoms with van der Waals surface area (Å²) in [6.45, 7) is 15.0. The second kappa shape index (κ2) is 13.1. The Morgan fingerprint density at radius 3 is 1.28 bits per heavy atom. The van der Waals surface area contributed by atoms with Crippen LogP contribution in [0, 0.1) is 35.8 Å². The minimum Gasteiger partial charge on any atom is -0.288 e. The van der Waals surface area contributed by atoms with Crippen LogP contribution < -0.4 is 0 Å². The second-order valence-corrected chi connectivity index (χ2v) is 18.3. The van der Waals surface area contributed by atoms with Crippen LogP contribution in [0.2, 0.25) is 0 Å². The van der Waals surface area contributed by atoms with Crippen LogP contribution >= 0.6 is 11.3 Å². The van der Waals surface area contributed by atoms with Crippen molar-refractivity contribution in [3.05, 3.63) is 161 Å². The first-order valence-corrected chi connectivity index (χ1v) is 21.5. The summed E-state index contributed by atoms with van der Waals surface area (Å²) in [4.78, 5) is 62.1. The molecule has 2 fully saturated rings. The summed E-state index contributed by atoms with van der Waals surface area (Å²) >= 11 is 1.72. The van der Waals surface area contributed by atoms with Gasteiger partial charge in [-0.2, -0.15) is 10.5 Å². The summed E-state index contributed by atoms with van der Waals surface area (Å²) in [6, 6.07) is 18.7. The van der Waals surface area contributed by atoms with Gasteiger partial charge in [-0.25, -0.2) is 0 Å². The monoisotopic (exact) mass is 808 g/mol. The van der Waals surface area contributed by atoms with E-state index in [0.29, 0.717) is 0 Å². The molecule has 4 aromatic carbocycles. The standard InChI is InChI=1S/C52H32N4O4S/c1-55-43-23-37-38(24-44(43)56-2)50(60)40(49(37)59)20-32-14-28-18-46-34(22-42(28)52(32)11-7-4-8-12-52)33-21-41-27(17-45(33)61-46)13-31(51(41)9-5-3-6-10-51)19-39-47(57)35-15-29(25-53)30(26-54)16-36(35)48(39)58/h13-24H,3-12H2. The van der Waals surface area contributed by atoms with Crippen molar-refractivity contribution in [1.82, 2.24) is 0 Å². The SMILES string of the molecule is [C-]#[N+]c1cc2c(cc1[N+]#[C-])C(=O)C(=CC1=Cc3cc4sc5cc6c(cc5c4cc3C13CCCCC3)C1(CCCCC1)C(C=C1C(=O)c3cc(C#N)c(C#N)cc3C1=O)=C6)C2=O. The number of fused-ring (bicyclic) bond motifs is 9. The summed E-state index contributed by atoms with van der Waals surface area (Å²) in [6.07, 6.45) is 17.7. The number of ketones is 4. The van der Waals surface area contributed by atoms with Gasteiger partial charge in [-0.15, -0.1) is 11.3 Å². The Balaban J connectivity index is 1.01. The van der Waals surface area contributed by atoms with Crippen molar-refractivity contribution in [2.24, 2.45) is 0 Å². The number of carbonyl (C=O) groups excluding carboxylic acids is 4. The van der Waals surface area contributed by atoms with E-state index in [0.717, 1.165) is 107 Å². The number of carbonyl (C=O) groups is 4. The van der Waals surface area contributed by atoms with E-state index in [1.54, 1.807) is 23.5 Å². The normalized spacial score (nSPS) is 19.0. The number of thiophene rings is 1.